The van der Waals surface area contributed by atoms with Crippen LogP contribution in [0.4, 0.5) is 5.69 Å². The van der Waals surface area contributed by atoms with Crippen molar-refractivity contribution in [2.75, 3.05) is 0 Å². The number of allylic oxidation sites excluding steroid dienone is 1. The third-order valence-electron chi connectivity index (χ3n) is 6.61. The molecule has 0 saturated carbocycles. The number of nitro groups is 1. The van der Waals surface area contributed by atoms with Gasteiger partial charge in [0.1, 0.15) is 5.75 Å². The Balaban J connectivity index is 1.64. The Morgan fingerprint density at radius 1 is 1.11 bits per heavy atom. The Bertz CT molecular complexity index is 1840. The quantitative estimate of drug-likeness (QED) is 0.279. The van der Waals surface area contributed by atoms with Gasteiger partial charge in [0.2, 0.25) is 0 Å². The highest BCUT2D eigenvalue weighted by Crippen LogP contribution is 2.41. The van der Waals surface area contributed by atoms with E-state index < -0.39 is 11.0 Å². The van der Waals surface area contributed by atoms with Crippen LogP contribution in [-0.4, -0.2) is 14.6 Å². The van der Waals surface area contributed by atoms with E-state index in [0.29, 0.717) is 31.9 Å². The van der Waals surface area contributed by atoms with Gasteiger partial charge in [0.15, 0.2) is 4.80 Å². The normalized spacial score (nSPS) is 16.6. The molecule has 1 atom stereocenters. The molecule has 2 heterocycles. The maximum absolute atomic E-state index is 13.8. The molecule has 1 aromatic heterocycles. The van der Waals surface area contributed by atoms with Crippen molar-refractivity contribution in [3.8, 4) is 5.75 Å². The molecule has 10 heteroatoms. The number of rotatable bonds is 3. The minimum Gasteiger partial charge on any atom is -0.506 e. The second kappa shape index (κ2) is 8.99. The maximum Gasteiger partial charge on any atom is 0.271 e. The van der Waals surface area contributed by atoms with Crippen LogP contribution in [0.3, 0.4) is 0 Å². The first-order valence-electron chi connectivity index (χ1n) is 11.4. The van der Waals surface area contributed by atoms with Crippen molar-refractivity contribution in [3.63, 3.8) is 0 Å². The number of aryl methyl sites for hydroxylation is 1. The van der Waals surface area contributed by atoms with Crippen LogP contribution in [0.5, 0.6) is 5.75 Å². The van der Waals surface area contributed by atoms with Crippen LogP contribution < -0.4 is 14.9 Å². The second-order valence-corrected chi connectivity index (χ2v) is 10.6. The topological polar surface area (TPSA) is 97.7 Å². The first-order valence-corrected chi connectivity index (χ1v) is 12.9. The standard InChI is InChI=1S/C27H17Cl2N3O4S/c28-17-10-16(25(33)21(29)13-17)12-22-26(34)31-24(15-5-3-6-18(11-15)32(35)36)20-9-8-14-4-1-2-7-19(14)23(20)30-27(31)37-22/h1-7,10-13,24,33H,8-9H2/b22-12+/t24-/m1/s1. The van der Waals surface area contributed by atoms with Gasteiger partial charge >= 0.3 is 0 Å². The number of hydrogen-bond acceptors (Lipinski definition) is 6. The zero-order valence-electron chi connectivity index (χ0n) is 19.0. The lowest BCUT2D eigenvalue weighted by Gasteiger charge is -2.30. The van der Waals surface area contributed by atoms with Gasteiger partial charge in [0, 0.05) is 28.3 Å². The number of thiazole rings is 1. The number of non-ortho nitro benzene ring substituents is 1. The molecule has 0 bridgehead atoms. The molecule has 184 valence electrons. The molecule has 6 rings (SSSR count). The van der Waals surface area contributed by atoms with Crippen LogP contribution in [-0.2, 0) is 6.42 Å². The molecule has 3 aromatic carbocycles. The highest BCUT2D eigenvalue weighted by molar-refractivity contribution is 7.07. The van der Waals surface area contributed by atoms with Crippen molar-refractivity contribution in [3.05, 3.63) is 128 Å². The van der Waals surface area contributed by atoms with Crippen molar-refractivity contribution < 1.29 is 10.0 Å². The molecule has 4 aromatic rings. The Kier molecular flexibility index (Phi) is 5.75. The summed E-state index contributed by atoms with van der Waals surface area (Å²) in [5.74, 6) is -0.180. The van der Waals surface area contributed by atoms with Crippen molar-refractivity contribution in [1.82, 2.24) is 4.57 Å². The number of benzene rings is 3. The average Bonchev–Trinajstić information content (AvgIpc) is 3.20. The molecule has 7 nitrogen and oxygen atoms in total. The number of fused-ring (bicyclic) bond motifs is 3. The molecule has 0 spiro atoms. The molecule has 1 aliphatic heterocycles. The smallest absolute Gasteiger partial charge is 0.271 e. The molecule has 0 saturated heterocycles. The lowest BCUT2D eigenvalue weighted by Crippen LogP contribution is -2.38. The second-order valence-electron chi connectivity index (χ2n) is 8.79. The molecule has 37 heavy (non-hydrogen) atoms. The largest absolute Gasteiger partial charge is 0.506 e. The first kappa shape index (κ1) is 23.7. The van der Waals surface area contributed by atoms with Gasteiger partial charge in [0.25, 0.3) is 11.2 Å². The van der Waals surface area contributed by atoms with Crippen LogP contribution in [0.15, 0.2) is 76.0 Å². The summed E-state index contributed by atoms with van der Waals surface area (Å²) >= 11 is 13.4. The minimum absolute atomic E-state index is 0.0477. The predicted octanol–water partition coefficient (Wildman–Crippen LogP) is 5.24. The Labute approximate surface area is 224 Å². The zero-order valence-corrected chi connectivity index (χ0v) is 21.3. The van der Waals surface area contributed by atoms with Gasteiger partial charge in [-0.3, -0.25) is 19.5 Å². The lowest BCUT2D eigenvalue weighted by atomic mass is 9.83. The number of aromatic nitrogens is 1. The molecule has 0 fully saturated rings. The molecule has 1 aliphatic carbocycles. The van der Waals surface area contributed by atoms with E-state index in [4.69, 9.17) is 28.2 Å². The zero-order chi connectivity index (χ0) is 25.8. The third kappa shape index (κ3) is 3.98. The van der Waals surface area contributed by atoms with Crippen LogP contribution in [0.2, 0.25) is 10.0 Å². The monoisotopic (exact) mass is 549 g/mol. The highest BCUT2D eigenvalue weighted by Gasteiger charge is 2.33. The van der Waals surface area contributed by atoms with E-state index in [9.17, 15) is 20.0 Å². The number of phenolic OH excluding ortho intramolecular Hbond substituents is 1. The molecule has 0 unspecified atom stereocenters. The Morgan fingerprint density at radius 2 is 1.92 bits per heavy atom. The van der Waals surface area contributed by atoms with Gasteiger partial charge in [-0.05, 0) is 47.8 Å². The van der Waals surface area contributed by atoms with E-state index in [0.717, 1.165) is 23.3 Å². The van der Waals surface area contributed by atoms with Crippen LogP contribution in [0.25, 0.3) is 11.8 Å². The predicted molar refractivity (Wildman–Crippen MR) is 144 cm³/mol. The van der Waals surface area contributed by atoms with E-state index in [1.165, 1.54) is 41.2 Å². The summed E-state index contributed by atoms with van der Waals surface area (Å²) in [5, 5.41) is 22.4. The van der Waals surface area contributed by atoms with Gasteiger partial charge < -0.3 is 5.11 Å². The molecule has 0 radical (unpaired) electrons. The van der Waals surface area contributed by atoms with Gasteiger partial charge in [-0.15, -0.1) is 0 Å². The van der Waals surface area contributed by atoms with Crippen molar-refractivity contribution in [2.45, 2.75) is 18.9 Å². The summed E-state index contributed by atoms with van der Waals surface area (Å²) in [6, 6.07) is 16.8. The number of nitro benzene ring substituents is 1. The van der Waals surface area contributed by atoms with E-state index in [1.54, 1.807) is 22.8 Å². The fourth-order valence-electron chi connectivity index (χ4n) is 4.97. The maximum atomic E-state index is 13.8. The summed E-state index contributed by atoms with van der Waals surface area (Å²) in [4.78, 5) is 30.3. The van der Waals surface area contributed by atoms with E-state index in [1.807, 2.05) is 18.2 Å². The summed E-state index contributed by atoms with van der Waals surface area (Å²) in [6.07, 6.45) is 2.98. The molecule has 1 N–H and O–H groups in total. The van der Waals surface area contributed by atoms with Crippen LogP contribution in [0, 0.1) is 10.1 Å². The van der Waals surface area contributed by atoms with Gasteiger partial charge in [-0.25, -0.2) is 4.99 Å². The van der Waals surface area contributed by atoms with Crippen LogP contribution in [0.1, 0.15) is 34.7 Å². The SMILES string of the molecule is O=c1/c(=C\c2cc(Cl)cc(Cl)c2O)sc2n1[C@H](c1cccc([N+](=O)[O-])c1)C1=C(N=2)c2ccccc2CC1. The third-order valence-corrected chi connectivity index (χ3v) is 8.10. The van der Waals surface area contributed by atoms with Gasteiger partial charge in [-0.1, -0.05) is 70.9 Å². The van der Waals surface area contributed by atoms with E-state index in [2.05, 4.69) is 6.07 Å². The van der Waals surface area contributed by atoms with Crippen molar-refractivity contribution in [1.29, 1.82) is 0 Å². The number of nitrogens with zero attached hydrogens (tertiary/aromatic N) is 3. The molecular formula is C27H17Cl2N3O4S. The minimum atomic E-state index is -0.557. The molecule has 2 aliphatic rings. The van der Waals surface area contributed by atoms with Crippen molar-refractivity contribution >= 4 is 52.0 Å². The summed E-state index contributed by atoms with van der Waals surface area (Å²) in [7, 11) is 0. The summed E-state index contributed by atoms with van der Waals surface area (Å²) in [6.45, 7) is 0. The Hall–Kier alpha value is -3.72. The lowest BCUT2D eigenvalue weighted by molar-refractivity contribution is -0.384. The van der Waals surface area contributed by atoms with Crippen LogP contribution >= 0.6 is 34.5 Å². The number of phenols is 1. The Morgan fingerprint density at radius 3 is 2.73 bits per heavy atom. The highest BCUT2D eigenvalue weighted by atomic mass is 35.5. The average molecular weight is 550 g/mol. The first-order chi connectivity index (χ1) is 17.8. The number of aromatic hydroxyl groups is 1. The molecular weight excluding hydrogens is 533 g/mol. The van der Waals surface area contributed by atoms with E-state index in [-0.39, 0.29) is 22.0 Å². The number of hydrogen-bond donors (Lipinski definition) is 1. The fraction of sp³-hybridized carbons (Fsp3) is 0.111. The number of halogens is 2. The molecule has 0 amide bonds. The summed E-state index contributed by atoms with van der Waals surface area (Å²) in [5.41, 5.74) is 4.47. The van der Waals surface area contributed by atoms with Gasteiger partial charge in [-0.2, -0.15) is 0 Å². The van der Waals surface area contributed by atoms with Crippen molar-refractivity contribution in [2.24, 2.45) is 4.99 Å². The summed E-state index contributed by atoms with van der Waals surface area (Å²) < 4.78 is 1.92. The fourth-order valence-corrected chi connectivity index (χ4v) is 6.47. The van der Waals surface area contributed by atoms with E-state index >= 15 is 0 Å². The van der Waals surface area contributed by atoms with Gasteiger partial charge in [0.05, 0.1) is 26.2 Å².